The highest BCUT2D eigenvalue weighted by molar-refractivity contribution is 5.87. The van der Waals surface area contributed by atoms with Crippen LogP contribution in [-0.2, 0) is 13.5 Å². The second-order valence-electron chi connectivity index (χ2n) is 9.30. The molecule has 1 aromatic carbocycles. The van der Waals surface area contributed by atoms with E-state index in [-0.39, 0.29) is 5.41 Å². The fourth-order valence-corrected chi connectivity index (χ4v) is 3.67. The summed E-state index contributed by atoms with van der Waals surface area (Å²) in [5.41, 5.74) is 5.17. The van der Waals surface area contributed by atoms with Crippen LogP contribution in [0.25, 0.3) is 22.0 Å². The van der Waals surface area contributed by atoms with Crippen LogP contribution in [-0.4, -0.2) is 38.4 Å². The van der Waals surface area contributed by atoms with E-state index in [0.717, 1.165) is 57.2 Å². The molecular weight excluding hydrogens is 400 g/mol. The van der Waals surface area contributed by atoms with Gasteiger partial charge in [-0.1, -0.05) is 32.9 Å². The zero-order valence-electron chi connectivity index (χ0n) is 19.6. The molecule has 166 valence electrons. The van der Waals surface area contributed by atoms with Gasteiger partial charge in [0.15, 0.2) is 5.82 Å². The Labute approximate surface area is 188 Å². The SMILES string of the molecule is COc1cc(-c2cn(C)nc2C)ccc1Cc1ncc2ccnc(NCC(C)(C)C)c2n1. The average molecular weight is 431 g/mol. The number of benzene rings is 1. The van der Waals surface area contributed by atoms with Gasteiger partial charge in [-0.15, -0.1) is 0 Å². The van der Waals surface area contributed by atoms with Crippen LogP contribution in [0.2, 0.25) is 0 Å². The van der Waals surface area contributed by atoms with Crippen molar-refractivity contribution in [3.63, 3.8) is 0 Å². The number of nitrogens with one attached hydrogen (secondary N) is 1. The van der Waals surface area contributed by atoms with Gasteiger partial charge in [0.25, 0.3) is 0 Å². The van der Waals surface area contributed by atoms with E-state index in [4.69, 9.17) is 9.72 Å². The summed E-state index contributed by atoms with van der Waals surface area (Å²) < 4.78 is 7.53. The molecule has 3 heterocycles. The molecule has 0 amide bonds. The van der Waals surface area contributed by atoms with Gasteiger partial charge in [-0.3, -0.25) is 4.68 Å². The van der Waals surface area contributed by atoms with Gasteiger partial charge in [0.1, 0.15) is 17.1 Å². The lowest BCUT2D eigenvalue weighted by Crippen LogP contribution is -2.19. The van der Waals surface area contributed by atoms with Crippen molar-refractivity contribution in [2.45, 2.75) is 34.1 Å². The number of aromatic nitrogens is 5. The van der Waals surface area contributed by atoms with Crippen LogP contribution in [0, 0.1) is 12.3 Å². The van der Waals surface area contributed by atoms with E-state index in [1.54, 1.807) is 13.3 Å². The van der Waals surface area contributed by atoms with E-state index < -0.39 is 0 Å². The third-order valence-electron chi connectivity index (χ3n) is 5.30. The summed E-state index contributed by atoms with van der Waals surface area (Å²) in [6.45, 7) is 9.39. The minimum Gasteiger partial charge on any atom is -0.496 e. The minimum atomic E-state index is 0.140. The Morgan fingerprint density at radius 1 is 1.12 bits per heavy atom. The molecule has 4 aromatic rings. The van der Waals surface area contributed by atoms with Gasteiger partial charge in [0.05, 0.1) is 12.8 Å². The lowest BCUT2D eigenvalue weighted by atomic mass is 9.97. The average Bonchev–Trinajstić information content (AvgIpc) is 3.09. The molecule has 3 aromatic heterocycles. The zero-order chi connectivity index (χ0) is 22.9. The fraction of sp³-hybridized carbons (Fsp3) is 0.360. The van der Waals surface area contributed by atoms with Gasteiger partial charge in [-0.2, -0.15) is 5.10 Å². The van der Waals surface area contributed by atoms with Crippen LogP contribution in [0.4, 0.5) is 5.82 Å². The Bertz CT molecular complexity index is 1260. The first-order valence-corrected chi connectivity index (χ1v) is 10.8. The highest BCUT2D eigenvalue weighted by Gasteiger charge is 2.14. The molecule has 0 aliphatic carbocycles. The molecular formula is C25H30N6O. The van der Waals surface area contributed by atoms with Crippen LogP contribution in [0.1, 0.15) is 37.9 Å². The second-order valence-corrected chi connectivity index (χ2v) is 9.30. The first-order chi connectivity index (χ1) is 15.2. The maximum atomic E-state index is 5.71. The van der Waals surface area contributed by atoms with Gasteiger partial charge in [0, 0.05) is 55.1 Å². The maximum Gasteiger partial charge on any atom is 0.152 e. The fourth-order valence-electron chi connectivity index (χ4n) is 3.67. The monoisotopic (exact) mass is 430 g/mol. The van der Waals surface area contributed by atoms with Gasteiger partial charge in [0.2, 0.25) is 0 Å². The van der Waals surface area contributed by atoms with Crippen molar-refractivity contribution in [3.8, 4) is 16.9 Å². The van der Waals surface area contributed by atoms with Crippen molar-refractivity contribution in [1.29, 1.82) is 0 Å². The van der Waals surface area contributed by atoms with E-state index in [2.05, 4.69) is 59.4 Å². The molecule has 4 rings (SSSR count). The molecule has 32 heavy (non-hydrogen) atoms. The number of fused-ring (bicyclic) bond motifs is 1. The standard InChI is InChI=1S/C25H30N6O/c1-16-20(14-31(5)30-16)17-7-8-18(21(11-17)32-6)12-22-27-13-19-9-10-26-24(23(19)29-22)28-15-25(2,3)4/h7-11,13-14H,12,15H2,1-6H3,(H,26,28). The summed E-state index contributed by atoms with van der Waals surface area (Å²) in [4.78, 5) is 13.9. The van der Waals surface area contributed by atoms with E-state index in [1.807, 2.05) is 37.1 Å². The van der Waals surface area contributed by atoms with E-state index in [9.17, 15) is 0 Å². The molecule has 0 atom stereocenters. The third-order valence-corrected chi connectivity index (χ3v) is 5.30. The topological polar surface area (TPSA) is 77.8 Å². The summed E-state index contributed by atoms with van der Waals surface area (Å²) in [6.07, 6.45) is 6.24. The number of pyridine rings is 1. The molecule has 0 fully saturated rings. The van der Waals surface area contributed by atoms with Gasteiger partial charge in [-0.05, 0) is 30.0 Å². The quantitative estimate of drug-likeness (QED) is 0.474. The number of methoxy groups -OCH3 is 1. The predicted octanol–water partition coefficient (Wildman–Crippen LogP) is 4.79. The summed E-state index contributed by atoms with van der Waals surface area (Å²) >= 11 is 0. The Kier molecular flexibility index (Phi) is 5.82. The van der Waals surface area contributed by atoms with E-state index in [1.165, 1.54) is 0 Å². The summed E-state index contributed by atoms with van der Waals surface area (Å²) in [6, 6.07) is 8.17. The Morgan fingerprint density at radius 3 is 2.62 bits per heavy atom. The van der Waals surface area contributed by atoms with Crippen molar-refractivity contribution >= 4 is 16.7 Å². The zero-order valence-corrected chi connectivity index (χ0v) is 19.6. The molecule has 0 aliphatic rings. The lowest BCUT2D eigenvalue weighted by molar-refractivity contribution is 0.410. The Balaban J connectivity index is 1.64. The highest BCUT2D eigenvalue weighted by atomic mass is 16.5. The van der Waals surface area contributed by atoms with Crippen LogP contribution in [0.15, 0.2) is 42.9 Å². The molecule has 1 N–H and O–H groups in total. The van der Waals surface area contributed by atoms with Crippen molar-refractivity contribution in [1.82, 2.24) is 24.7 Å². The van der Waals surface area contributed by atoms with E-state index in [0.29, 0.717) is 6.42 Å². The third kappa shape index (κ3) is 4.72. The number of nitrogens with zero attached hydrogens (tertiary/aromatic N) is 5. The molecule has 0 unspecified atom stereocenters. The molecule has 0 saturated carbocycles. The van der Waals surface area contributed by atoms with Crippen molar-refractivity contribution in [2.75, 3.05) is 19.0 Å². The molecule has 7 heteroatoms. The molecule has 0 radical (unpaired) electrons. The largest absolute Gasteiger partial charge is 0.496 e. The van der Waals surface area contributed by atoms with Crippen LogP contribution >= 0.6 is 0 Å². The molecule has 0 saturated heterocycles. The number of rotatable bonds is 6. The number of hydrogen-bond acceptors (Lipinski definition) is 6. The molecule has 0 spiro atoms. The normalized spacial score (nSPS) is 11.7. The maximum absolute atomic E-state index is 5.71. The number of ether oxygens (including phenoxy) is 1. The summed E-state index contributed by atoms with van der Waals surface area (Å²) in [5, 5.41) is 8.85. The molecule has 7 nitrogen and oxygen atoms in total. The lowest BCUT2D eigenvalue weighted by Gasteiger charge is -2.19. The van der Waals surface area contributed by atoms with Gasteiger partial charge < -0.3 is 10.1 Å². The number of anilines is 1. The van der Waals surface area contributed by atoms with Crippen molar-refractivity contribution in [3.05, 3.63) is 59.9 Å². The summed E-state index contributed by atoms with van der Waals surface area (Å²) in [5.74, 6) is 2.33. The second kappa shape index (κ2) is 8.57. The molecule has 0 aliphatic heterocycles. The smallest absolute Gasteiger partial charge is 0.152 e. The highest BCUT2D eigenvalue weighted by Crippen LogP contribution is 2.30. The number of aryl methyl sites for hydroxylation is 2. The van der Waals surface area contributed by atoms with Crippen molar-refractivity contribution < 1.29 is 4.74 Å². The Hall–Kier alpha value is -3.48. The van der Waals surface area contributed by atoms with Gasteiger partial charge >= 0.3 is 0 Å². The first-order valence-electron chi connectivity index (χ1n) is 10.8. The first kappa shape index (κ1) is 21.7. The van der Waals surface area contributed by atoms with Gasteiger partial charge in [-0.25, -0.2) is 15.0 Å². The predicted molar refractivity (Wildman–Crippen MR) is 128 cm³/mol. The van der Waals surface area contributed by atoms with E-state index >= 15 is 0 Å². The van der Waals surface area contributed by atoms with Crippen molar-refractivity contribution in [2.24, 2.45) is 12.5 Å². The van der Waals surface area contributed by atoms with Crippen LogP contribution in [0.5, 0.6) is 5.75 Å². The van der Waals surface area contributed by atoms with Crippen LogP contribution in [0.3, 0.4) is 0 Å². The van der Waals surface area contributed by atoms with Crippen LogP contribution < -0.4 is 10.1 Å². The summed E-state index contributed by atoms with van der Waals surface area (Å²) in [7, 11) is 3.62. The number of hydrogen-bond donors (Lipinski definition) is 1. The minimum absolute atomic E-state index is 0.140. The molecule has 0 bridgehead atoms. The Morgan fingerprint density at radius 2 is 1.94 bits per heavy atom.